The number of aliphatic hydroxyl groups is 1. The lowest BCUT2D eigenvalue weighted by atomic mass is 10.7. The largest absolute Gasteiger partial charge is 0.465 e. The smallest absolute Gasteiger partial charge is 0.407 e. The van der Waals surface area contributed by atoms with Crippen LogP contribution in [0.2, 0.25) is 0 Å². The Kier molecular flexibility index (Phi) is 6.06. The highest BCUT2D eigenvalue weighted by Gasteiger charge is 2.02. The molecule has 5 heteroatoms. The van der Waals surface area contributed by atoms with Gasteiger partial charge >= 0.3 is 6.09 Å². The second kappa shape index (κ2) is 6.30. The zero-order valence-corrected chi connectivity index (χ0v) is 7.30. The summed E-state index contributed by atoms with van der Waals surface area (Å²) in [6.07, 6.45) is -0.908. The topological polar surface area (TPSA) is 60.8 Å². The number of thioether (sulfide) groups is 1. The zero-order valence-electron chi connectivity index (χ0n) is 6.49. The van der Waals surface area contributed by atoms with Crippen molar-refractivity contribution >= 4 is 17.9 Å². The molecule has 0 bridgehead atoms. The van der Waals surface area contributed by atoms with Crippen molar-refractivity contribution in [3.63, 3.8) is 0 Å². The van der Waals surface area contributed by atoms with Crippen molar-refractivity contribution in [1.82, 2.24) is 4.90 Å². The van der Waals surface area contributed by atoms with Gasteiger partial charge in [-0.25, -0.2) is 4.79 Å². The third-order valence-corrected chi connectivity index (χ3v) is 2.08. The summed E-state index contributed by atoms with van der Waals surface area (Å²) >= 11 is 1.54. The number of rotatable bonds is 5. The molecule has 0 radical (unpaired) electrons. The van der Waals surface area contributed by atoms with Gasteiger partial charge in [-0.3, -0.25) is 0 Å². The Labute approximate surface area is 70.2 Å². The molecule has 2 N–H and O–H groups in total. The van der Waals surface area contributed by atoms with Crippen molar-refractivity contribution in [2.75, 3.05) is 31.7 Å². The number of hydrogen-bond donors (Lipinski definition) is 2. The van der Waals surface area contributed by atoms with Gasteiger partial charge in [-0.05, 0) is 0 Å². The maximum Gasteiger partial charge on any atom is 0.407 e. The SMILES string of the molecule is CN(CCSCCO)C(=O)O. The van der Waals surface area contributed by atoms with E-state index in [1.807, 2.05) is 0 Å². The van der Waals surface area contributed by atoms with Crippen LogP contribution in [0.1, 0.15) is 0 Å². The average molecular weight is 179 g/mol. The summed E-state index contributed by atoms with van der Waals surface area (Å²) in [5.41, 5.74) is 0. The fraction of sp³-hybridized carbons (Fsp3) is 0.833. The maximum atomic E-state index is 10.2. The normalized spacial score (nSPS) is 9.64. The van der Waals surface area contributed by atoms with E-state index in [-0.39, 0.29) is 6.61 Å². The Morgan fingerprint density at radius 2 is 2.18 bits per heavy atom. The van der Waals surface area contributed by atoms with Gasteiger partial charge in [0, 0.05) is 25.1 Å². The maximum absolute atomic E-state index is 10.2. The van der Waals surface area contributed by atoms with Crippen LogP contribution in [0.4, 0.5) is 4.79 Å². The third-order valence-electron chi connectivity index (χ3n) is 1.13. The highest BCUT2D eigenvalue weighted by atomic mass is 32.2. The quantitative estimate of drug-likeness (QED) is 0.597. The second-order valence-electron chi connectivity index (χ2n) is 2.04. The van der Waals surface area contributed by atoms with Crippen LogP contribution >= 0.6 is 11.8 Å². The molecule has 0 aromatic heterocycles. The van der Waals surface area contributed by atoms with Crippen molar-refractivity contribution in [2.24, 2.45) is 0 Å². The lowest BCUT2D eigenvalue weighted by molar-refractivity contribution is 0.158. The fourth-order valence-corrected chi connectivity index (χ4v) is 1.20. The molecule has 11 heavy (non-hydrogen) atoms. The molecule has 0 aliphatic rings. The molecule has 0 saturated heterocycles. The van der Waals surface area contributed by atoms with Crippen LogP contribution in [-0.4, -0.2) is 52.9 Å². The zero-order chi connectivity index (χ0) is 8.69. The molecule has 1 amide bonds. The molecule has 0 heterocycles. The van der Waals surface area contributed by atoms with Crippen LogP contribution in [0.15, 0.2) is 0 Å². The molecule has 0 aromatic carbocycles. The van der Waals surface area contributed by atoms with Gasteiger partial charge in [0.15, 0.2) is 0 Å². The molecular weight excluding hydrogens is 166 g/mol. The molecule has 0 aromatic rings. The predicted octanol–water partition coefficient (Wildman–Crippen LogP) is 0.322. The molecule has 66 valence electrons. The van der Waals surface area contributed by atoms with Gasteiger partial charge in [-0.15, -0.1) is 0 Å². The van der Waals surface area contributed by atoms with Gasteiger partial charge in [-0.2, -0.15) is 11.8 Å². The van der Waals surface area contributed by atoms with Crippen molar-refractivity contribution in [1.29, 1.82) is 0 Å². The van der Waals surface area contributed by atoms with Crippen molar-refractivity contribution in [3.05, 3.63) is 0 Å². The van der Waals surface area contributed by atoms with E-state index in [9.17, 15) is 4.79 Å². The van der Waals surface area contributed by atoms with Gasteiger partial charge in [-0.1, -0.05) is 0 Å². The number of nitrogens with zero attached hydrogens (tertiary/aromatic N) is 1. The molecule has 0 aliphatic carbocycles. The average Bonchev–Trinajstić information content (AvgIpc) is 1.97. The minimum atomic E-state index is -0.908. The van der Waals surface area contributed by atoms with E-state index in [0.717, 1.165) is 5.75 Å². The minimum Gasteiger partial charge on any atom is -0.465 e. The lowest BCUT2D eigenvalue weighted by Crippen LogP contribution is -2.27. The van der Waals surface area contributed by atoms with Gasteiger partial charge in [0.05, 0.1) is 6.61 Å². The Morgan fingerprint density at radius 1 is 1.55 bits per heavy atom. The van der Waals surface area contributed by atoms with Crippen LogP contribution in [0.25, 0.3) is 0 Å². The highest BCUT2D eigenvalue weighted by molar-refractivity contribution is 7.99. The van der Waals surface area contributed by atoms with Crippen molar-refractivity contribution in [2.45, 2.75) is 0 Å². The van der Waals surface area contributed by atoms with E-state index >= 15 is 0 Å². The second-order valence-corrected chi connectivity index (χ2v) is 3.26. The van der Waals surface area contributed by atoms with Gasteiger partial charge in [0.25, 0.3) is 0 Å². The van der Waals surface area contributed by atoms with Gasteiger partial charge < -0.3 is 15.1 Å². The summed E-state index contributed by atoms with van der Waals surface area (Å²) in [6.45, 7) is 0.668. The number of hydrogen-bond acceptors (Lipinski definition) is 3. The standard InChI is InChI=1S/C6H13NO3S/c1-7(6(9)10)2-4-11-5-3-8/h8H,2-5H2,1H3,(H,9,10). The van der Waals surface area contributed by atoms with E-state index in [0.29, 0.717) is 12.3 Å². The van der Waals surface area contributed by atoms with E-state index in [1.54, 1.807) is 11.8 Å². The first-order valence-corrected chi connectivity index (χ1v) is 4.46. The molecule has 0 aliphatic heterocycles. The van der Waals surface area contributed by atoms with Crippen LogP contribution in [0.5, 0.6) is 0 Å². The fourth-order valence-electron chi connectivity index (χ4n) is 0.464. The summed E-state index contributed by atoms with van der Waals surface area (Å²) < 4.78 is 0. The van der Waals surface area contributed by atoms with Crippen LogP contribution in [0.3, 0.4) is 0 Å². The Morgan fingerprint density at radius 3 is 2.64 bits per heavy atom. The Balaban J connectivity index is 3.17. The monoisotopic (exact) mass is 179 g/mol. The highest BCUT2D eigenvalue weighted by Crippen LogP contribution is 1.98. The first-order chi connectivity index (χ1) is 5.18. The number of aliphatic hydroxyl groups excluding tert-OH is 1. The summed E-state index contributed by atoms with van der Waals surface area (Å²) in [4.78, 5) is 11.5. The van der Waals surface area contributed by atoms with E-state index in [1.165, 1.54) is 11.9 Å². The van der Waals surface area contributed by atoms with Gasteiger partial charge in [0.2, 0.25) is 0 Å². The molecule has 0 unspecified atom stereocenters. The minimum absolute atomic E-state index is 0.154. The molecule has 0 fully saturated rings. The van der Waals surface area contributed by atoms with E-state index in [4.69, 9.17) is 10.2 Å². The number of carbonyl (C=O) groups is 1. The number of amides is 1. The van der Waals surface area contributed by atoms with Crippen LogP contribution in [0, 0.1) is 0 Å². The first-order valence-electron chi connectivity index (χ1n) is 3.31. The molecule has 0 rings (SSSR count). The summed E-state index contributed by atoms with van der Waals surface area (Å²) in [6, 6.07) is 0. The summed E-state index contributed by atoms with van der Waals surface area (Å²) in [5, 5.41) is 16.8. The van der Waals surface area contributed by atoms with E-state index < -0.39 is 6.09 Å². The summed E-state index contributed by atoms with van der Waals surface area (Å²) in [7, 11) is 1.53. The Bertz CT molecular complexity index is 120. The van der Waals surface area contributed by atoms with Crippen molar-refractivity contribution < 1.29 is 15.0 Å². The molecule has 0 atom stereocenters. The Hall–Kier alpha value is -0.420. The first kappa shape index (κ1) is 10.6. The molecule has 0 saturated carbocycles. The molecular formula is C6H13NO3S. The third kappa shape index (κ3) is 6.00. The van der Waals surface area contributed by atoms with Crippen LogP contribution in [-0.2, 0) is 0 Å². The van der Waals surface area contributed by atoms with E-state index in [2.05, 4.69) is 0 Å². The number of carboxylic acid groups (broad SMARTS) is 1. The van der Waals surface area contributed by atoms with Crippen LogP contribution < -0.4 is 0 Å². The van der Waals surface area contributed by atoms with Crippen molar-refractivity contribution in [3.8, 4) is 0 Å². The van der Waals surface area contributed by atoms with Gasteiger partial charge in [0.1, 0.15) is 0 Å². The molecule has 0 spiro atoms. The molecule has 4 nitrogen and oxygen atoms in total. The summed E-state index contributed by atoms with van der Waals surface area (Å²) in [5.74, 6) is 1.41. The predicted molar refractivity (Wildman–Crippen MR) is 45.1 cm³/mol. The lowest BCUT2D eigenvalue weighted by Gasteiger charge is -2.11.